The number of hydrogen-bond donors (Lipinski definition) is 2. The number of alkyl halides is 2. The van der Waals surface area contributed by atoms with E-state index in [1.165, 1.54) is 12.1 Å². The zero-order valence-corrected chi connectivity index (χ0v) is 17.3. The lowest BCUT2D eigenvalue weighted by Gasteiger charge is -2.22. The van der Waals surface area contributed by atoms with Gasteiger partial charge in [0.25, 0.3) is 11.7 Å². The van der Waals surface area contributed by atoms with Crippen LogP contribution in [0.4, 0.5) is 14.5 Å². The van der Waals surface area contributed by atoms with Gasteiger partial charge >= 0.3 is 0 Å². The highest BCUT2D eigenvalue weighted by Gasteiger charge is 2.25. The van der Waals surface area contributed by atoms with Gasteiger partial charge in [-0.25, -0.2) is 0 Å². The third kappa shape index (κ3) is 7.05. The van der Waals surface area contributed by atoms with Crippen LogP contribution in [0.2, 0.25) is 0 Å². The van der Waals surface area contributed by atoms with Gasteiger partial charge in [0.2, 0.25) is 5.91 Å². The van der Waals surface area contributed by atoms with Crippen LogP contribution in [0, 0.1) is 5.92 Å². The number of carbonyl (C=O) groups is 2. The Kier molecular flexibility index (Phi) is 8.45. The predicted molar refractivity (Wildman–Crippen MR) is 111 cm³/mol. The number of carbonyl (C=O) groups excluding carboxylic acids is 2. The molecular weight excluding hydrogens is 398 g/mol. The summed E-state index contributed by atoms with van der Waals surface area (Å²) in [7, 11) is 0. The standard InChI is InChI=1S/C21H24F2N2O3S/c1-4-28-16-9-5-14(6-10-16)19(26)25-18(13(2)3)20(27)24-15-7-11-17(12-8-15)29-21(22)23/h5-13,18,21H,4H2,1-3H3,(H,24,27)(H,25,26)/t18-/m0/s1. The lowest BCUT2D eigenvalue weighted by atomic mass is 10.0. The molecule has 0 aliphatic rings. The molecule has 2 N–H and O–H groups in total. The molecule has 0 fully saturated rings. The Bertz CT molecular complexity index is 812. The van der Waals surface area contributed by atoms with Gasteiger partial charge in [-0.2, -0.15) is 8.78 Å². The Labute approximate surface area is 173 Å². The maximum Gasteiger partial charge on any atom is 0.288 e. The first kappa shape index (κ1) is 22.7. The summed E-state index contributed by atoms with van der Waals surface area (Å²) in [5, 5.41) is 5.46. The highest BCUT2D eigenvalue weighted by atomic mass is 32.2. The van der Waals surface area contributed by atoms with Crippen LogP contribution >= 0.6 is 11.8 Å². The van der Waals surface area contributed by atoms with Crippen LogP contribution in [0.1, 0.15) is 31.1 Å². The monoisotopic (exact) mass is 422 g/mol. The topological polar surface area (TPSA) is 67.4 Å². The third-order valence-corrected chi connectivity index (χ3v) is 4.73. The van der Waals surface area contributed by atoms with E-state index in [0.717, 1.165) is 0 Å². The molecule has 2 rings (SSSR count). The number of benzene rings is 2. The van der Waals surface area contributed by atoms with Crippen LogP contribution in [0.25, 0.3) is 0 Å². The van der Waals surface area contributed by atoms with Gasteiger partial charge in [0.1, 0.15) is 11.8 Å². The first-order valence-corrected chi connectivity index (χ1v) is 10.1. The van der Waals surface area contributed by atoms with Crippen molar-refractivity contribution in [3.05, 3.63) is 54.1 Å². The first-order chi connectivity index (χ1) is 13.8. The molecule has 8 heteroatoms. The maximum absolute atomic E-state index is 12.7. The molecule has 0 saturated carbocycles. The maximum atomic E-state index is 12.7. The van der Waals surface area contributed by atoms with E-state index < -0.39 is 11.8 Å². The molecule has 5 nitrogen and oxygen atoms in total. The minimum Gasteiger partial charge on any atom is -0.494 e. The summed E-state index contributed by atoms with van der Waals surface area (Å²) in [4.78, 5) is 25.6. The van der Waals surface area contributed by atoms with Crippen molar-refractivity contribution in [2.75, 3.05) is 11.9 Å². The Morgan fingerprint density at radius 3 is 2.17 bits per heavy atom. The SMILES string of the molecule is CCOc1ccc(C(=O)N[C@H](C(=O)Nc2ccc(SC(F)F)cc2)C(C)C)cc1. The van der Waals surface area contributed by atoms with E-state index in [-0.39, 0.29) is 17.7 Å². The van der Waals surface area contributed by atoms with Crippen LogP contribution in [-0.2, 0) is 4.79 Å². The molecule has 0 bridgehead atoms. The summed E-state index contributed by atoms with van der Waals surface area (Å²) < 4.78 is 30.1. The lowest BCUT2D eigenvalue weighted by molar-refractivity contribution is -0.118. The molecule has 2 aromatic rings. The fourth-order valence-corrected chi connectivity index (χ4v) is 3.07. The summed E-state index contributed by atoms with van der Waals surface area (Å²) in [6.45, 7) is 6.05. The highest BCUT2D eigenvalue weighted by molar-refractivity contribution is 7.99. The molecular formula is C21H24F2N2O3S. The van der Waals surface area contributed by atoms with Gasteiger partial charge in [-0.15, -0.1) is 0 Å². The van der Waals surface area contributed by atoms with E-state index >= 15 is 0 Å². The van der Waals surface area contributed by atoms with E-state index in [1.54, 1.807) is 36.4 Å². The first-order valence-electron chi connectivity index (χ1n) is 9.19. The fraction of sp³-hybridized carbons (Fsp3) is 0.333. The van der Waals surface area contributed by atoms with Crippen LogP contribution < -0.4 is 15.4 Å². The van der Waals surface area contributed by atoms with Gasteiger partial charge in [0.15, 0.2) is 0 Å². The number of rotatable bonds is 9. The second kappa shape index (κ2) is 10.8. The van der Waals surface area contributed by atoms with Crippen molar-refractivity contribution in [3.8, 4) is 5.75 Å². The van der Waals surface area contributed by atoms with Crippen LogP contribution in [0.3, 0.4) is 0 Å². The molecule has 0 aliphatic carbocycles. The molecule has 0 heterocycles. The molecule has 0 aromatic heterocycles. The van der Waals surface area contributed by atoms with Crippen LogP contribution in [0.15, 0.2) is 53.4 Å². The van der Waals surface area contributed by atoms with Crippen molar-refractivity contribution in [3.63, 3.8) is 0 Å². The smallest absolute Gasteiger partial charge is 0.288 e. The zero-order valence-electron chi connectivity index (χ0n) is 16.4. The van der Waals surface area contributed by atoms with Gasteiger partial charge in [-0.05, 0) is 61.4 Å². The number of hydrogen-bond acceptors (Lipinski definition) is 4. The largest absolute Gasteiger partial charge is 0.494 e. The fourth-order valence-electron chi connectivity index (χ4n) is 2.57. The molecule has 2 amide bonds. The second-order valence-electron chi connectivity index (χ2n) is 6.54. The summed E-state index contributed by atoms with van der Waals surface area (Å²) >= 11 is 0.435. The minimum absolute atomic E-state index is 0.157. The van der Waals surface area contributed by atoms with Gasteiger partial charge in [0, 0.05) is 16.1 Å². The van der Waals surface area contributed by atoms with Crippen molar-refractivity contribution in [1.82, 2.24) is 5.32 Å². The minimum atomic E-state index is -2.50. The molecule has 0 unspecified atom stereocenters. The van der Waals surface area contributed by atoms with Crippen molar-refractivity contribution in [1.29, 1.82) is 0 Å². The number of anilines is 1. The Morgan fingerprint density at radius 2 is 1.66 bits per heavy atom. The van der Waals surface area contributed by atoms with Crippen LogP contribution in [0.5, 0.6) is 5.75 Å². The molecule has 0 spiro atoms. The van der Waals surface area contributed by atoms with E-state index in [0.29, 0.717) is 40.3 Å². The number of halogens is 2. The van der Waals surface area contributed by atoms with E-state index in [9.17, 15) is 18.4 Å². The van der Waals surface area contributed by atoms with Gasteiger partial charge in [-0.3, -0.25) is 9.59 Å². The van der Waals surface area contributed by atoms with Crippen LogP contribution in [-0.4, -0.2) is 30.2 Å². The summed E-state index contributed by atoms with van der Waals surface area (Å²) in [6, 6.07) is 12.0. The lowest BCUT2D eigenvalue weighted by Crippen LogP contribution is -2.47. The van der Waals surface area contributed by atoms with Crippen molar-refractivity contribution in [2.45, 2.75) is 37.5 Å². The van der Waals surface area contributed by atoms with E-state index in [1.807, 2.05) is 20.8 Å². The molecule has 2 aromatic carbocycles. The van der Waals surface area contributed by atoms with Gasteiger partial charge in [-0.1, -0.05) is 25.6 Å². The normalized spacial score (nSPS) is 12.0. The summed E-state index contributed by atoms with van der Waals surface area (Å²) in [5.74, 6) is -2.75. The van der Waals surface area contributed by atoms with Crippen molar-refractivity contribution >= 4 is 29.3 Å². The average molecular weight is 422 g/mol. The van der Waals surface area contributed by atoms with E-state index in [2.05, 4.69) is 10.6 Å². The summed E-state index contributed by atoms with van der Waals surface area (Å²) in [6.07, 6.45) is 0. The van der Waals surface area contributed by atoms with Crippen molar-refractivity contribution in [2.24, 2.45) is 5.92 Å². The van der Waals surface area contributed by atoms with Crippen molar-refractivity contribution < 1.29 is 23.1 Å². The number of thioether (sulfide) groups is 1. The Morgan fingerprint density at radius 1 is 1.03 bits per heavy atom. The van der Waals surface area contributed by atoms with E-state index in [4.69, 9.17) is 4.74 Å². The molecule has 0 saturated heterocycles. The number of amides is 2. The molecule has 29 heavy (non-hydrogen) atoms. The second-order valence-corrected chi connectivity index (χ2v) is 7.61. The predicted octanol–water partition coefficient (Wildman–Crippen LogP) is 4.79. The Balaban J connectivity index is 2.02. The quantitative estimate of drug-likeness (QED) is 0.570. The molecule has 0 aliphatic heterocycles. The molecule has 1 atom stereocenters. The number of nitrogens with one attached hydrogen (secondary N) is 2. The van der Waals surface area contributed by atoms with Gasteiger partial charge in [0.05, 0.1) is 6.61 Å². The Hall–Kier alpha value is -2.61. The average Bonchev–Trinajstić information content (AvgIpc) is 2.67. The summed E-state index contributed by atoms with van der Waals surface area (Å²) in [5.41, 5.74) is 0.884. The molecule has 156 valence electrons. The van der Waals surface area contributed by atoms with Gasteiger partial charge < -0.3 is 15.4 Å². The highest BCUT2D eigenvalue weighted by Crippen LogP contribution is 2.26. The third-order valence-electron chi connectivity index (χ3n) is 4.01. The zero-order chi connectivity index (χ0) is 21.4. The number of ether oxygens (including phenoxy) is 1. The molecule has 0 radical (unpaired) electrons.